The van der Waals surface area contributed by atoms with E-state index in [0.717, 1.165) is 24.1 Å². The van der Waals surface area contributed by atoms with E-state index in [1.165, 1.54) is 0 Å². The molecule has 0 atom stereocenters. The number of benzene rings is 1. The molecular formula is C14H15NO4. The molecule has 1 aromatic carbocycles. The number of carboxylic acid groups (broad SMARTS) is 1. The van der Waals surface area contributed by atoms with Crippen molar-refractivity contribution in [3.8, 4) is 5.75 Å². The van der Waals surface area contributed by atoms with E-state index in [1.54, 1.807) is 11.9 Å². The average molecular weight is 261 g/mol. The van der Waals surface area contributed by atoms with Gasteiger partial charge >= 0.3 is 5.97 Å². The third kappa shape index (κ3) is 1.95. The number of carboxylic acids is 1. The van der Waals surface area contributed by atoms with Crippen LogP contribution in [0.2, 0.25) is 0 Å². The zero-order valence-electron chi connectivity index (χ0n) is 10.7. The Morgan fingerprint density at radius 2 is 2.21 bits per heavy atom. The largest absolute Gasteiger partial charge is 0.482 e. The fourth-order valence-corrected chi connectivity index (χ4v) is 2.44. The summed E-state index contributed by atoms with van der Waals surface area (Å²) in [5.74, 6) is -0.152. The van der Waals surface area contributed by atoms with Crippen molar-refractivity contribution in [1.29, 1.82) is 0 Å². The predicted octanol–water partition coefficient (Wildman–Crippen LogP) is 1.45. The zero-order valence-corrected chi connectivity index (χ0v) is 10.7. The van der Waals surface area contributed by atoms with Crippen LogP contribution in [-0.2, 0) is 16.0 Å². The molecule has 0 radical (unpaired) electrons. The Labute approximate surface area is 110 Å². The van der Waals surface area contributed by atoms with Crippen LogP contribution in [0.15, 0.2) is 18.2 Å². The van der Waals surface area contributed by atoms with Gasteiger partial charge in [0.25, 0.3) is 5.91 Å². The highest BCUT2D eigenvalue weighted by Gasteiger charge is 2.50. The summed E-state index contributed by atoms with van der Waals surface area (Å²) in [7, 11) is 1.71. The highest BCUT2D eigenvalue weighted by Crippen LogP contribution is 2.49. The molecule has 1 N–H and O–H groups in total. The number of fused-ring (bicyclic) bond motifs is 1. The molecule has 3 rings (SSSR count). The average Bonchev–Trinajstić information content (AvgIpc) is 3.15. The lowest BCUT2D eigenvalue weighted by Crippen LogP contribution is -2.35. The van der Waals surface area contributed by atoms with E-state index in [1.807, 2.05) is 18.2 Å². The quantitative estimate of drug-likeness (QED) is 0.894. The van der Waals surface area contributed by atoms with Crippen molar-refractivity contribution in [2.24, 2.45) is 5.41 Å². The van der Waals surface area contributed by atoms with Gasteiger partial charge in [-0.25, -0.2) is 0 Å². The van der Waals surface area contributed by atoms with Gasteiger partial charge in [0, 0.05) is 7.05 Å². The normalized spacial score (nSPS) is 19.6. The summed E-state index contributed by atoms with van der Waals surface area (Å²) >= 11 is 0. The number of aliphatic carboxylic acids is 1. The molecule has 1 aromatic rings. The molecule has 0 spiro atoms. The third-order valence-corrected chi connectivity index (χ3v) is 3.96. The van der Waals surface area contributed by atoms with Crippen LogP contribution >= 0.6 is 0 Å². The predicted molar refractivity (Wildman–Crippen MR) is 68.4 cm³/mol. The highest BCUT2D eigenvalue weighted by molar-refractivity contribution is 5.97. The number of carbonyl (C=O) groups is 2. The standard InChI is InChI=1S/C14H15NO4/c1-15-10-6-9(7-14(4-5-14)13(17)18)2-3-11(10)19-8-12(15)16/h2-3,6H,4-5,7-8H2,1H3,(H,17,18). The zero-order chi connectivity index (χ0) is 13.6. The molecule has 0 unspecified atom stereocenters. The first kappa shape index (κ1) is 12.0. The van der Waals surface area contributed by atoms with Crippen LogP contribution in [-0.4, -0.2) is 30.6 Å². The molecule has 1 fully saturated rings. The molecule has 0 saturated heterocycles. The number of anilines is 1. The van der Waals surface area contributed by atoms with E-state index in [0.29, 0.717) is 12.2 Å². The van der Waals surface area contributed by atoms with Gasteiger partial charge in [-0.05, 0) is 37.0 Å². The molecular weight excluding hydrogens is 246 g/mol. The molecule has 5 heteroatoms. The van der Waals surface area contributed by atoms with E-state index in [4.69, 9.17) is 4.74 Å². The Bertz CT molecular complexity index is 563. The number of carbonyl (C=O) groups excluding carboxylic acids is 1. The topological polar surface area (TPSA) is 66.8 Å². The fourth-order valence-electron chi connectivity index (χ4n) is 2.44. The number of ether oxygens (including phenoxy) is 1. The maximum atomic E-state index is 11.6. The molecule has 0 aromatic heterocycles. The van der Waals surface area contributed by atoms with Crippen LogP contribution in [0.3, 0.4) is 0 Å². The van der Waals surface area contributed by atoms with Gasteiger partial charge in [-0.2, -0.15) is 0 Å². The van der Waals surface area contributed by atoms with Crippen molar-refractivity contribution in [2.45, 2.75) is 19.3 Å². The first-order valence-electron chi connectivity index (χ1n) is 6.27. The van der Waals surface area contributed by atoms with E-state index in [9.17, 15) is 14.7 Å². The van der Waals surface area contributed by atoms with Crippen LogP contribution in [0.5, 0.6) is 5.75 Å². The molecule has 1 saturated carbocycles. The first-order chi connectivity index (χ1) is 9.02. The SMILES string of the molecule is CN1C(=O)COc2ccc(CC3(C(=O)O)CC3)cc21. The summed E-state index contributed by atoms with van der Waals surface area (Å²) in [6.45, 7) is 0.0575. The van der Waals surface area contributed by atoms with E-state index in [-0.39, 0.29) is 12.5 Å². The molecule has 2 aliphatic rings. The van der Waals surface area contributed by atoms with Gasteiger partial charge in [-0.1, -0.05) is 6.07 Å². The van der Waals surface area contributed by atoms with Crippen LogP contribution in [0.4, 0.5) is 5.69 Å². The molecule has 1 heterocycles. The monoisotopic (exact) mass is 261 g/mol. The minimum atomic E-state index is -0.731. The van der Waals surface area contributed by atoms with Crippen molar-refractivity contribution in [3.63, 3.8) is 0 Å². The molecule has 0 bridgehead atoms. The van der Waals surface area contributed by atoms with Gasteiger partial charge in [0.05, 0.1) is 11.1 Å². The number of rotatable bonds is 3. The van der Waals surface area contributed by atoms with Gasteiger partial charge in [-0.3, -0.25) is 9.59 Å². The molecule has 1 amide bonds. The summed E-state index contributed by atoms with van der Waals surface area (Å²) in [4.78, 5) is 24.3. The van der Waals surface area contributed by atoms with Gasteiger partial charge in [0.1, 0.15) is 5.75 Å². The lowest BCUT2D eigenvalue weighted by Gasteiger charge is -2.26. The molecule has 19 heavy (non-hydrogen) atoms. The summed E-state index contributed by atoms with van der Waals surface area (Å²) in [5, 5.41) is 9.21. The number of nitrogens with zero attached hydrogens (tertiary/aromatic N) is 1. The van der Waals surface area contributed by atoms with Gasteiger partial charge in [0.15, 0.2) is 6.61 Å². The van der Waals surface area contributed by atoms with Crippen LogP contribution in [0, 0.1) is 5.41 Å². The first-order valence-corrected chi connectivity index (χ1v) is 6.27. The van der Waals surface area contributed by atoms with Crippen molar-refractivity contribution >= 4 is 17.6 Å². The second-order valence-electron chi connectivity index (χ2n) is 5.31. The minimum absolute atomic E-state index is 0.0575. The molecule has 1 aliphatic carbocycles. The van der Waals surface area contributed by atoms with Crippen LogP contribution in [0.1, 0.15) is 18.4 Å². The lowest BCUT2D eigenvalue weighted by atomic mass is 9.96. The van der Waals surface area contributed by atoms with Crippen molar-refractivity contribution in [2.75, 3.05) is 18.6 Å². The second kappa shape index (κ2) is 3.98. The second-order valence-corrected chi connectivity index (χ2v) is 5.31. The molecule has 1 aliphatic heterocycles. The Hall–Kier alpha value is -2.04. The molecule has 100 valence electrons. The van der Waals surface area contributed by atoms with Crippen molar-refractivity contribution in [3.05, 3.63) is 23.8 Å². The Kier molecular flexibility index (Phi) is 2.52. The third-order valence-electron chi connectivity index (χ3n) is 3.96. The number of likely N-dealkylation sites (N-methyl/N-ethyl adjacent to an activating group) is 1. The summed E-state index contributed by atoms with van der Waals surface area (Å²) in [6, 6.07) is 5.55. The number of hydrogen-bond donors (Lipinski definition) is 1. The van der Waals surface area contributed by atoms with Gasteiger partial charge < -0.3 is 14.7 Å². The number of amides is 1. The van der Waals surface area contributed by atoms with E-state index < -0.39 is 11.4 Å². The Morgan fingerprint density at radius 1 is 1.47 bits per heavy atom. The highest BCUT2D eigenvalue weighted by atomic mass is 16.5. The lowest BCUT2D eigenvalue weighted by molar-refractivity contribution is -0.143. The Morgan fingerprint density at radius 3 is 2.84 bits per heavy atom. The van der Waals surface area contributed by atoms with Crippen LogP contribution in [0.25, 0.3) is 0 Å². The summed E-state index contributed by atoms with van der Waals surface area (Å²) < 4.78 is 5.35. The van der Waals surface area contributed by atoms with Crippen LogP contribution < -0.4 is 9.64 Å². The maximum absolute atomic E-state index is 11.6. The van der Waals surface area contributed by atoms with E-state index in [2.05, 4.69) is 0 Å². The van der Waals surface area contributed by atoms with Crippen molar-refractivity contribution < 1.29 is 19.4 Å². The maximum Gasteiger partial charge on any atom is 0.309 e. The minimum Gasteiger partial charge on any atom is -0.482 e. The number of hydrogen-bond acceptors (Lipinski definition) is 3. The summed E-state index contributed by atoms with van der Waals surface area (Å²) in [6.07, 6.45) is 1.97. The fraction of sp³-hybridized carbons (Fsp3) is 0.429. The molecule has 5 nitrogen and oxygen atoms in total. The van der Waals surface area contributed by atoms with Gasteiger partial charge in [-0.15, -0.1) is 0 Å². The smallest absolute Gasteiger partial charge is 0.309 e. The summed E-state index contributed by atoms with van der Waals surface area (Å²) in [5.41, 5.74) is 1.06. The van der Waals surface area contributed by atoms with Crippen molar-refractivity contribution in [1.82, 2.24) is 0 Å². The van der Waals surface area contributed by atoms with Gasteiger partial charge in [0.2, 0.25) is 0 Å². The Balaban J connectivity index is 1.89. The van der Waals surface area contributed by atoms with E-state index >= 15 is 0 Å².